The van der Waals surface area contributed by atoms with Gasteiger partial charge in [0.15, 0.2) is 0 Å². The van der Waals surface area contributed by atoms with Crippen molar-refractivity contribution in [2.24, 2.45) is 0 Å². The van der Waals surface area contributed by atoms with E-state index < -0.39 is 57.2 Å². The molecule has 0 saturated carbocycles. The number of aromatic carboxylic acids is 1. The number of alkyl halides is 3. The Labute approximate surface area is 141 Å². The lowest BCUT2D eigenvalue weighted by molar-refractivity contribution is -0.152. The monoisotopic (exact) mass is 368 g/mol. The van der Waals surface area contributed by atoms with Gasteiger partial charge in [-0.3, -0.25) is 4.79 Å². The lowest BCUT2D eigenvalue weighted by Crippen LogP contribution is -2.16. The molecule has 0 unspecified atom stereocenters. The maximum atomic E-state index is 13.9. The van der Waals surface area contributed by atoms with Crippen LogP contribution in [-0.2, 0) is 6.18 Å². The second-order valence-corrected chi connectivity index (χ2v) is 5.31. The van der Waals surface area contributed by atoms with Gasteiger partial charge in [0, 0.05) is 6.07 Å². The maximum absolute atomic E-state index is 13.9. The summed E-state index contributed by atoms with van der Waals surface area (Å²) in [5, 5.41) is 17.9. The molecule has 3 aromatic rings. The number of carboxylic acids is 1. The number of phenols is 1. The Balaban J connectivity index is 2.39. The first kappa shape index (κ1) is 17.5. The Hall–Kier alpha value is -3.36. The lowest BCUT2D eigenvalue weighted by atomic mass is 10.00. The van der Waals surface area contributed by atoms with Gasteiger partial charge >= 0.3 is 12.1 Å². The van der Waals surface area contributed by atoms with E-state index in [1.807, 2.05) is 0 Å². The third-order valence-corrected chi connectivity index (χ3v) is 3.62. The van der Waals surface area contributed by atoms with E-state index in [9.17, 15) is 32.3 Å². The van der Waals surface area contributed by atoms with Crippen molar-refractivity contribution in [1.29, 1.82) is 0 Å². The zero-order valence-electron chi connectivity index (χ0n) is 12.6. The molecule has 0 radical (unpaired) electrons. The molecule has 134 valence electrons. The van der Waals surface area contributed by atoms with E-state index in [0.29, 0.717) is 6.07 Å². The van der Waals surface area contributed by atoms with Gasteiger partial charge in [-0.15, -0.1) is 0 Å². The number of phenolic OH excluding ortho intramolecular Hbond substituents is 1. The summed E-state index contributed by atoms with van der Waals surface area (Å²) in [5.41, 5.74) is -3.78. The van der Waals surface area contributed by atoms with E-state index in [-0.39, 0.29) is 5.39 Å². The van der Waals surface area contributed by atoms with Crippen LogP contribution in [-0.4, -0.2) is 16.2 Å². The van der Waals surface area contributed by atoms with Crippen molar-refractivity contribution < 1.29 is 37.0 Å². The van der Waals surface area contributed by atoms with Crippen molar-refractivity contribution in [3.63, 3.8) is 0 Å². The van der Waals surface area contributed by atoms with E-state index >= 15 is 0 Å². The fourth-order valence-electron chi connectivity index (χ4n) is 2.49. The number of hydrogen-bond acceptors (Lipinski definition) is 4. The molecule has 0 fully saturated rings. The van der Waals surface area contributed by atoms with Crippen molar-refractivity contribution in [3.05, 3.63) is 63.8 Å². The van der Waals surface area contributed by atoms with Gasteiger partial charge in [-0.1, -0.05) is 6.07 Å². The molecule has 0 spiro atoms. The molecule has 0 aliphatic carbocycles. The van der Waals surface area contributed by atoms with Crippen molar-refractivity contribution in [1.82, 2.24) is 0 Å². The van der Waals surface area contributed by atoms with Gasteiger partial charge in [0.05, 0.1) is 16.5 Å². The number of rotatable bonds is 2. The van der Waals surface area contributed by atoms with Gasteiger partial charge in [-0.25, -0.2) is 9.18 Å². The fraction of sp³-hybridized carbons (Fsp3) is 0.0588. The minimum Gasteiger partial charge on any atom is -0.508 e. The van der Waals surface area contributed by atoms with Gasteiger partial charge in [0.25, 0.3) is 0 Å². The van der Waals surface area contributed by atoms with Crippen LogP contribution in [0, 0.1) is 5.82 Å². The van der Waals surface area contributed by atoms with Gasteiger partial charge < -0.3 is 14.6 Å². The Kier molecular flexibility index (Phi) is 3.94. The van der Waals surface area contributed by atoms with Crippen LogP contribution < -0.4 is 5.43 Å². The highest BCUT2D eigenvalue weighted by atomic mass is 19.4. The number of aromatic hydroxyl groups is 1. The summed E-state index contributed by atoms with van der Waals surface area (Å²) in [7, 11) is 0. The molecule has 3 rings (SSSR count). The average molecular weight is 368 g/mol. The summed E-state index contributed by atoms with van der Waals surface area (Å²) >= 11 is 0. The van der Waals surface area contributed by atoms with Crippen molar-refractivity contribution in [2.45, 2.75) is 6.18 Å². The second kappa shape index (κ2) is 5.87. The van der Waals surface area contributed by atoms with Gasteiger partial charge in [0.1, 0.15) is 17.1 Å². The first-order chi connectivity index (χ1) is 12.1. The molecule has 2 N–H and O–H groups in total. The number of fused-ring (bicyclic) bond motifs is 1. The van der Waals surface area contributed by atoms with Crippen LogP contribution in [0.5, 0.6) is 5.75 Å². The van der Waals surface area contributed by atoms with Crippen LogP contribution in [0.15, 0.2) is 45.6 Å². The summed E-state index contributed by atoms with van der Waals surface area (Å²) in [6.07, 6.45) is -5.09. The van der Waals surface area contributed by atoms with Crippen LogP contribution in [0.3, 0.4) is 0 Å². The van der Waals surface area contributed by atoms with Crippen LogP contribution in [0.4, 0.5) is 17.6 Å². The molecule has 0 aliphatic rings. The number of carbonyl (C=O) groups is 1. The number of benzene rings is 2. The van der Waals surface area contributed by atoms with Gasteiger partial charge in [-0.2, -0.15) is 13.2 Å². The zero-order chi connectivity index (χ0) is 19.2. The fourth-order valence-corrected chi connectivity index (χ4v) is 2.49. The Morgan fingerprint density at radius 1 is 1.08 bits per heavy atom. The summed E-state index contributed by atoms with van der Waals surface area (Å²) < 4.78 is 58.8. The highest BCUT2D eigenvalue weighted by molar-refractivity contribution is 5.89. The first-order valence-corrected chi connectivity index (χ1v) is 7.00. The molecule has 1 aromatic heterocycles. The molecule has 0 aliphatic heterocycles. The van der Waals surface area contributed by atoms with E-state index in [1.165, 1.54) is 0 Å². The van der Waals surface area contributed by atoms with Gasteiger partial charge in [-0.05, 0) is 29.8 Å². The third-order valence-electron chi connectivity index (χ3n) is 3.62. The minimum absolute atomic E-state index is 0.256. The van der Waals surface area contributed by atoms with Crippen molar-refractivity contribution in [3.8, 4) is 16.9 Å². The molecule has 0 atom stereocenters. The molecule has 1 heterocycles. The number of halogens is 4. The lowest BCUT2D eigenvalue weighted by Gasteiger charge is -2.13. The van der Waals surface area contributed by atoms with E-state index in [0.717, 1.165) is 30.3 Å². The van der Waals surface area contributed by atoms with Crippen molar-refractivity contribution >= 4 is 16.9 Å². The van der Waals surface area contributed by atoms with E-state index in [4.69, 9.17) is 9.52 Å². The molecule has 26 heavy (non-hydrogen) atoms. The Bertz CT molecular complexity index is 1100. The highest BCUT2D eigenvalue weighted by Gasteiger charge is 2.39. The molecular formula is C17H8F4O5. The normalized spacial score (nSPS) is 11.7. The summed E-state index contributed by atoms with van der Waals surface area (Å²) in [4.78, 5) is 23.4. The predicted molar refractivity (Wildman–Crippen MR) is 81.5 cm³/mol. The number of hydrogen-bond donors (Lipinski definition) is 2. The topological polar surface area (TPSA) is 87.7 Å². The summed E-state index contributed by atoms with van der Waals surface area (Å²) in [6, 6.07) is 5.18. The molecule has 0 amide bonds. The second-order valence-electron chi connectivity index (χ2n) is 5.31. The smallest absolute Gasteiger partial charge is 0.450 e. The molecule has 9 heteroatoms. The van der Waals surface area contributed by atoms with Crippen LogP contribution >= 0.6 is 0 Å². The largest absolute Gasteiger partial charge is 0.508 e. The molecule has 2 aromatic carbocycles. The molecular weight excluding hydrogens is 360 g/mol. The van der Waals surface area contributed by atoms with Crippen molar-refractivity contribution in [2.75, 3.05) is 0 Å². The maximum Gasteiger partial charge on any atom is 0.450 e. The number of carboxylic acid groups (broad SMARTS) is 1. The van der Waals surface area contributed by atoms with Crippen LogP contribution in [0.25, 0.3) is 22.1 Å². The standard InChI is InChI=1S/C17H8F4O5/c18-11-5-7(1-3-9(11)16(24)25)13-14(23)10-4-2-8(22)6-12(10)26-15(13)17(19,20)21/h1-6,22H,(H,24,25). The Morgan fingerprint density at radius 3 is 2.35 bits per heavy atom. The van der Waals surface area contributed by atoms with E-state index in [2.05, 4.69) is 0 Å². The van der Waals surface area contributed by atoms with E-state index in [1.54, 1.807) is 0 Å². The quantitative estimate of drug-likeness (QED) is 0.667. The summed E-state index contributed by atoms with van der Waals surface area (Å²) in [5.74, 6) is -4.99. The van der Waals surface area contributed by atoms with Crippen LogP contribution in [0.1, 0.15) is 16.1 Å². The third kappa shape index (κ3) is 2.87. The minimum atomic E-state index is -5.09. The SMILES string of the molecule is O=C(O)c1ccc(-c2c(C(F)(F)F)oc3cc(O)ccc3c2=O)cc1F. The molecule has 0 bridgehead atoms. The zero-order valence-corrected chi connectivity index (χ0v) is 12.6. The summed E-state index contributed by atoms with van der Waals surface area (Å²) in [6.45, 7) is 0. The Morgan fingerprint density at radius 2 is 1.77 bits per heavy atom. The van der Waals surface area contributed by atoms with Gasteiger partial charge in [0.2, 0.25) is 11.2 Å². The van der Waals surface area contributed by atoms with Crippen LogP contribution in [0.2, 0.25) is 0 Å². The highest BCUT2D eigenvalue weighted by Crippen LogP contribution is 2.38. The average Bonchev–Trinajstić information content (AvgIpc) is 2.53. The molecule has 5 nitrogen and oxygen atoms in total. The predicted octanol–water partition coefficient (Wildman–Crippen LogP) is 4.02. The first-order valence-electron chi connectivity index (χ1n) is 7.00. The molecule has 0 saturated heterocycles.